The molecular formula is C10H12ClN3O2S. The molecule has 0 saturated heterocycles. The van der Waals surface area contributed by atoms with Gasteiger partial charge in [0, 0.05) is 13.1 Å². The zero-order valence-corrected chi connectivity index (χ0v) is 10.8. The lowest BCUT2D eigenvalue weighted by atomic mass is 10.2. The maximum absolute atomic E-state index is 10.8. The second-order valence-electron chi connectivity index (χ2n) is 3.40. The number of nitrogens with one attached hydrogen (secondary N) is 2. The molecule has 17 heavy (non-hydrogen) atoms. The van der Waals surface area contributed by atoms with Crippen LogP contribution < -0.4 is 10.0 Å². The van der Waals surface area contributed by atoms with Crippen LogP contribution in [-0.2, 0) is 10.0 Å². The van der Waals surface area contributed by atoms with Gasteiger partial charge in [-0.15, -0.1) is 0 Å². The summed E-state index contributed by atoms with van der Waals surface area (Å²) in [6.45, 7) is 0.688. The zero-order valence-electron chi connectivity index (χ0n) is 9.20. The second kappa shape index (κ2) is 5.87. The van der Waals surface area contributed by atoms with Crippen molar-refractivity contribution in [1.29, 1.82) is 5.26 Å². The second-order valence-corrected chi connectivity index (χ2v) is 5.64. The highest BCUT2D eigenvalue weighted by molar-refractivity contribution is 7.88. The number of anilines is 1. The van der Waals surface area contributed by atoms with E-state index < -0.39 is 10.0 Å². The number of hydrogen-bond acceptors (Lipinski definition) is 4. The van der Waals surface area contributed by atoms with Crippen LogP contribution in [0.1, 0.15) is 5.56 Å². The van der Waals surface area contributed by atoms with E-state index in [0.29, 0.717) is 22.8 Å². The van der Waals surface area contributed by atoms with Crippen LogP contribution in [0.5, 0.6) is 0 Å². The Kier molecular flexibility index (Phi) is 4.75. The molecule has 0 unspecified atom stereocenters. The van der Waals surface area contributed by atoms with Crippen molar-refractivity contribution in [1.82, 2.24) is 4.72 Å². The first-order chi connectivity index (χ1) is 7.92. The van der Waals surface area contributed by atoms with Crippen molar-refractivity contribution < 1.29 is 8.42 Å². The fraction of sp³-hybridized carbons (Fsp3) is 0.300. The molecule has 1 aromatic carbocycles. The van der Waals surface area contributed by atoms with Gasteiger partial charge in [0.1, 0.15) is 0 Å². The number of benzene rings is 1. The van der Waals surface area contributed by atoms with Gasteiger partial charge in [-0.05, 0) is 18.2 Å². The first-order valence-electron chi connectivity index (χ1n) is 4.80. The highest BCUT2D eigenvalue weighted by Crippen LogP contribution is 2.22. The van der Waals surface area contributed by atoms with Crippen molar-refractivity contribution in [3.05, 3.63) is 28.8 Å². The molecule has 0 fully saturated rings. The molecule has 0 aromatic heterocycles. The van der Waals surface area contributed by atoms with Crippen molar-refractivity contribution in [3.8, 4) is 6.07 Å². The van der Waals surface area contributed by atoms with Crippen molar-refractivity contribution in [2.24, 2.45) is 0 Å². The Balaban J connectivity index is 2.51. The van der Waals surface area contributed by atoms with E-state index in [1.807, 2.05) is 6.07 Å². The van der Waals surface area contributed by atoms with Gasteiger partial charge in [0.15, 0.2) is 0 Å². The quantitative estimate of drug-likeness (QED) is 0.789. The Hall–Kier alpha value is -1.29. The Labute approximate surface area is 105 Å². The molecular weight excluding hydrogens is 262 g/mol. The molecule has 0 atom stereocenters. The third kappa shape index (κ3) is 5.04. The van der Waals surface area contributed by atoms with Crippen molar-refractivity contribution in [2.45, 2.75) is 0 Å². The van der Waals surface area contributed by atoms with E-state index in [4.69, 9.17) is 16.9 Å². The van der Waals surface area contributed by atoms with Crippen LogP contribution in [0.4, 0.5) is 5.69 Å². The molecule has 0 aliphatic rings. The Morgan fingerprint density at radius 1 is 1.41 bits per heavy atom. The average molecular weight is 274 g/mol. The van der Waals surface area contributed by atoms with Gasteiger partial charge in [0.2, 0.25) is 10.0 Å². The van der Waals surface area contributed by atoms with Gasteiger partial charge in [-0.25, -0.2) is 13.1 Å². The summed E-state index contributed by atoms with van der Waals surface area (Å²) >= 11 is 5.92. The van der Waals surface area contributed by atoms with E-state index in [1.54, 1.807) is 18.2 Å². The number of sulfonamides is 1. The van der Waals surface area contributed by atoms with Gasteiger partial charge >= 0.3 is 0 Å². The standard InChI is InChI=1S/C10H12ClN3O2S/c1-17(15,16)14-5-4-13-10-3-2-8(7-12)6-9(10)11/h2-3,6,13-14H,4-5H2,1H3. The summed E-state index contributed by atoms with van der Waals surface area (Å²) < 4.78 is 23.9. The maximum atomic E-state index is 10.8. The molecule has 2 N–H and O–H groups in total. The minimum absolute atomic E-state index is 0.273. The molecule has 0 saturated carbocycles. The van der Waals surface area contributed by atoms with E-state index in [1.165, 1.54) is 0 Å². The number of nitrogens with zero attached hydrogens (tertiary/aromatic N) is 1. The molecule has 0 aliphatic heterocycles. The molecule has 0 heterocycles. The van der Waals surface area contributed by atoms with Gasteiger partial charge in [0.25, 0.3) is 0 Å². The number of nitriles is 1. The predicted molar refractivity (Wildman–Crippen MR) is 67.5 cm³/mol. The fourth-order valence-corrected chi connectivity index (χ4v) is 1.88. The van der Waals surface area contributed by atoms with Crippen molar-refractivity contribution in [3.63, 3.8) is 0 Å². The van der Waals surface area contributed by atoms with E-state index in [-0.39, 0.29) is 6.54 Å². The summed E-state index contributed by atoms with van der Waals surface area (Å²) in [6.07, 6.45) is 1.10. The minimum Gasteiger partial charge on any atom is -0.383 e. The van der Waals surface area contributed by atoms with Crippen LogP contribution >= 0.6 is 11.6 Å². The molecule has 5 nitrogen and oxygen atoms in total. The first-order valence-corrected chi connectivity index (χ1v) is 7.07. The van der Waals surface area contributed by atoms with Gasteiger partial charge < -0.3 is 5.32 Å². The van der Waals surface area contributed by atoms with Crippen LogP contribution in [0.3, 0.4) is 0 Å². The molecule has 0 aliphatic carbocycles. The van der Waals surface area contributed by atoms with Gasteiger partial charge in [-0.3, -0.25) is 0 Å². The van der Waals surface area contributed by atoms with Gasteiger partial charge in [0.05, 0.1) is 28.6 Å². The van der Waals surface area contributed by atoms with E-state index in [0.717, 1.165) is 6.26 Å². The maximum Gasteiger partial charge on any atom is 0.208 e. The van der Waals surface area contributed by atoms with Crippen LogP contribution in [0.2, 0.25) is 5.02 Å². The number of rotatable bonds is 5. The van der Waals surface area contributed by atoms with Crippen molar-refractivity contribution in [2.75, 3.05) is 24.7 Å². The van der Waals surface area contributed by atoms with Crippen LogP contribution in [0, 0.1) is 11.3 Å². The molecule has 0 spiro atoms. The van der Waals surface area contributed by atoms with Gasteiger partial charge in [-0.2, -0.15) is 5.26 Å². The van der Waals surface area contributed by atoms with Crippen LogP contribution in [0.25, 0.3) is 0 Å². The topological polar surface area (TPSA) is 82.0 Å². The van der Waals surface area contributed by atoms with Gasteiger partial charge in [-0.1, -0.05) is 11.6 Å². The zero-order chi connectivity index (χ0) is 12.9. The Morgan fingerprint density at radius 2 is 2.12 bits per heavy atom. The third-order valence-corrected chi connectivity index (χ3v) is 2.94. The summed E-state index contributed by atoms with van der Waals surface area (Å²) in [7, 11) is -3.17. The summed E-state index contributed by atoms with van der Waals surface area (Å²) in [6, 6.07) is 6.85. The number of halogens is 1. The van der Waals surface area contributed by atoms with Crippen LogP contribution in [0.15, 0.2) is 18.2 Å². The molecule has 0 amide bonds. The summed E-state index contributed by atoms with van der Waals surface area (Å²) in [4.78, 5) is 0. The minimum atomic E-state index is -3.17. The monoisotopic (exact) mass is 273 g/mol. The average Bonchev–Trinajstić information content (AvgIpc) is 2.24. The normalized spacial score (nSPS) is 10.9. The lowest BCUT2D eigenvalue weighted by Crippen LogP contribution is -2.27. The first kappa shape index (κ1) is 13.8. The molecule has 1 aromatic rings. The van der Waals surface area contributed by atoms with Crippen molar-refractivity contribution >= 4 is 27.3 Å². The molecule has 92 valence electrons. The van der Waals surface area contributed by atoms with E-state index in [9.17, 15) is 8.42 Å². The van der Waals surface area contributed by atoms with E-state index in [2.05, 4.69) is 10.0 Å². The smallest absolute Gasteiger partial charge is 0.208 e. The highest BCUT2D eigenvalue weighted by Gasteiger charge is 2.02. The summed E-state index contributed by atoms with van der Waals surface area (Å²) in [5.41, 5.74) is 1.15. The SMILES string of the molecule is CS(=O)(=O)NCCNc1ccc(C#N)cc1Cl. The largest absolute Gasteiger partial charge is 0.383 e. The number of hydrogen-bond donors (Lipinski definition) is 2. The fourth-order valence-electron chi connectivity index (χ4n) is 1.16. The Bertz CT molecular complexity index is 537. The third-order valence-electron chi connectivity index (χ3n) is 1.90. The van der Waals surface area contributed by atoms with E-state index >= 15 is 0 Å². The molecule has 7 heteroatoms. The molecule has 1 rings (SSSR count). The summed E-state index contributed by atoms with van der Waals surface area (Å²) in [5, 5.41) is 12.1. The Morgan fingerprint density at radius 3 is 2.65 bits per heavy atom. The lowest BCUT2D eigenvalue weighted by molar-refractivity contribution is 0.589. The molecule has 0 bridgehead atoms. The predicted octanol–water partition coefficient (Wildman–Crippen LogP) is 1.17. The summed E-state index contributed by atoms with van der Waals surface area (Å²) in [5.74, 6) is 0. The molecule has 0 radical (unpaired) electrons. The highest BCUT2D eigenvalue weighted by atomic mass is 35.5. The lowest BCUT2D eigenvalue weighted by Gasteiger charge is -2.08. The van der Waals surface area contributed by atoms with Crippen LogP contribution in [-0.4, -0.2) is 27.8 Å².